The van der Waals surface area contributed by atoms with Crippen LogP contribution in [0.25, 0.3) is 0 Å². The zero-order valence-corrected chi connectivity index (χ0v) is 21.2. The molecule has 2 atom stereocenters. The lowest BCUT2D eigenvalue weighted by molar-refractivity contribution is -0.129. The van der Waals surface area contributed by atoms with Crippen molar-refractivity contribution in [2.45, 2.75) is 52.0 Å². The van der Waals surface area contributed by atoms with E-state index in [4.69, 9.17) is 4.74 Å². The second-order valence-electron chi connectivity index (χ2n) is 9.39. The van der Waals surface area contributed by atoms with Crippen molar-refractivity contribution in [3.63, 3.8) is 0 Å². The number of benzene rings is 2. The number of para-hydroxylation sites is 2. The molecule has 2 aliphatic rings. The molecule has 36 heavy (non-hydrogen) atoms. The summed E-state index contributed by atoms with van der Waals surface area (Å²) in [7, 11) is 0. The van der Waals surface area contributed by atoms with Gasteiger partial charge >= 0.3 is 0 Å². The number of carbonyl (C=O) groups is 3. The fourth-order valence-electron chi connectivity index (χ4n) is 4.91. The van der Waals surface area contributed by atoms with E-state index < -0.39 is 12.0 Å². The van der Waals surface area contributed by atoms with Crippen LogP contribution in [0, 0.1) is 5.92 Å². The molecular weight excluding hydrogens is 456 g/mol. The van der Waals surface area contributed by atoms with E-state index in [0.29, 0.717) is 24.5 Å². The summed E-state index contributed by atoms with van der Waals surface area (Å²) in [6.07, 6.45) is 3.72. The van der Waals surface area contributed by atoms with Crippen LogP contribution in [-0.2, 0) is 14.4 Å². The fourth-order valence-corrected chi connectivity index (χ4v) is 4.91. The number of nitrogens with one attached hydrogen (secondary N) is 2. The van der Waals surface area contributed by atoms with Crippen LogP contribution < -0.4 is 25.2 Å². The Morgan fingerprint density at radius 3 is 2.61 bits per heavy atom. The summed E-state index contributed by atoms with van der Waals surface area (Å²) in [4.78, 5) is 43.0. The zero-order valence-electron chi connectivity index (χ0n) is 21.2. The van der Waals surface area contributed by atoms with Gasteiger partial charge in [-0.3, -0.25) is 14.4 Å². The second-order valence-corrected chi connectivity index (χ2v) is 9.39. The van der Waals surface area contributed by atoms with Gasteiger partial charge in [-0.25, -0.2) is 0 Å². The average molecular weight is 493 g/mol. The summed E-state index contributed by atoms with van der Waals surface area (Å²) in [6, 6.07) is 14.5. The van der Waals surface area contributed by atoms with E-state index in [9.17, 15) is 14.4 Å². The van der Waals surface area contributed by atoms with Crippen LogP contribution in [0.1, 0.15) is 46.0 Å². The van der Waals surface area contributed by atoms with Gasteiger partial charge in [0.05, 0.1) is 18.2 Å². The number of hydrogen-bond acceptors (Lipinski definition) is 5. The first-order chi connectivity index (χ1) is 17.5. The van der Waals surface area contributed by atoms with Gasteiger partial charge in [-0.1, -0.05) is 31.5 Å². The van der Waals surface area contributed by atoms with E-state index >= 15 is 0 Å². The quantitative estimate of drug-likeness (QED) is 0.524. The molecule has 2 aromatic rings. The normalized spacial score (nSPS) is 18.3. The Hall–Kier alpha value is -3.55. The molecule has 8 heteroatoms. The number of carbonyl (C=O) groups excluding carboxylic acids is 3. The van der Waals surface area contributed by atoms with Gasteiger partial charge in [-0.05, 0) is 56.5 Å². The van der Waals surface area contributed by atoms with Gasteiger partial charge < -0.3 is 25.2 Å². The van der Waals surface area contributed by atoms with Gasteiger partial charge in [0, 0.05) is 37.4 Å². The van der Waals surface area contributed by atoms with Gasteiger partial charge in [0.15, 0.2) is 0 Å². The fraction of sp³-hybridized carbons (Fsp3) is 0.464. The molecule has 8 nitrogen and oxygen atoms in total. The van der Waals surface area contributed by atoms with Gasteiger partial charge in [0.25, 0.3) is 0 Å². The van der Waals surface area contributed by atoms with Crippen LogP contribution in [-0.4, -0.2) is 50.0 Å². The highest BCUT2D eigenvalue weighted by Crippen LogP contribution is 2.33. The summed E-state index contributed by atoms with van der Waals surface area (Å²) in [5.74, 6) is -0.560. The minimum Gasteiger partial charge on any atom is -0.492 e. The first kappa shape index (κ1) is 25.5. The van der Waals surface area contributed by atoms with Crippen molar-refractivity contribution >= 4 is 34.8 Å². The molecule has 4 rings (SSSR count). The molecule has 2 aromatic carbocycles. The maximum Gasteiger partial charge on any atom is 0.246 e. The molecule has 0 aliphatic carbocycles. The maximum atomic E-state index is 13.1. The molecule has 2 fully saturated rings. The van der Waals surface area contributed by atoms with Crippen LogP contribution in [0.15, 0.2) is 48.5 Å². The highest BCUT2D eigenvalue weighted by Gasteiger charge is 2.37. The molecule has 192 valence electrons. The van der Waals surface area contributed by atoms with Crippen LogP contribution in [0.4, 0.5) is 17.1 Å². The molecule has 2 aliphatic heterocycles. The Morgan fingerprint density at radius 1 is 1.08 bits per heavy atom. The van der Waals surface area contributed by atoms with Gasteiger partial charge in [-0.15, -0.1) is 0 Å². The molecule has 2 heterocycles. The number of rotatable bonds is 10. The highest BCUT2D eigenvalue weighted by atomic mass is 16.5. The second kappa shape index (κ2) is 11.9. The lowest BCUT2D eigenvalue weighted by Gasteiger charge is -2.22. The van der Waals surface area contributed by atoms with E-state index in [1.54, 1.807) is 4.90 Å². The predicted octanol–water partition coefficient (Wildman–Crippen LogP) is 3.96. The predicted molar refractivity (Wildman–Crippen MR) is 141 cm³/mol. The topological polar surface area (TPSA) is 91.0 Å². The number of hydrogen-bond donors (Lipinski definition) is 2. The molecule has 2 N–H and O–H groups in total. The molecule has 0 aromatic heterocycles. The van der Waals surface area contributed by atoms with Crippen molar-refractivity contribution in [2.75, 3.05) is 41.4 Å². The van der Waals surface area contributed by atoms with E-state index in [-0.39, 0.29) is 30.7 Å². The third kappa shape index (κ3) is 5.98. The molecule has 0 spiro atoms. The number of ether oxygens (including phenoxy) is 1. The molecule has 0 saturated carbocycles. The van der Waals surface area contributed by atoms with Gasteiger partial charge in [0.1, 0.15) is 11.8 Å². The van der Waals surface area contributed by atoms with E-state index in [2.05, 4.69) is 21.6 Å². The third-order valence-corrected chi connectivity index (χ3v) is 6.75. The molecular formula is C28H36N4O4. The highest BCUT2D eigenvalue weighted by molar-refractivity contribution is 6.03. The van der Waals surface area contributed by atoms with Crippen LogP contribution in [0.5, 0.6) is 5.75 Å². The first-order valence-corrected chi connectivity index (χ1v) is 13.0. The zero-order chi connectivity index (χ0) is 25.5. The smallest absolute Gasteiger partial charge is 0.246 e. The summed E-state index contributed by atoms with van der Waals surface area (Å²) < 4.78 is 5.67. The SMILES string of the molecule is CCCC(NC(=O)C1CC(=O)N(c2ccccc2OCC)C1)C(=O)Nc1cccc(N2CCCC2)c1. The van der Waals surface area contributed by atoms with E-state index in [1.807, 2.05) is 56.3 Å². The van der Waals surface area contributed by atoms with Crippen molar-refractivity contribution in [1.29, 1.82) is 0 Å². The summed E-state index contributed by atoms with van der Waals surface area (Å²) in [5.41, 5.74) is 2.48. The van der Waals surface area contributed by atoms with Crippen molar-refractivity contribution in [2.24, 2.45) is 5.92 Å². The lowest BCUT2D eigenvalue weighted by atomic mass is 10.1. The number of anilines is 3. The Bertz CT molecular complexity index is 1080. The molecule has 2 saturated heterocycles. The molecule has 2 unspecified atom stereocenters. The monoisotopic (exact) mass is 492 g/mol. The summed E-state index contributed by atoms with van der Waals surface area (Å²) >= 11 is 0. The maximum absolute atomic E-state index is 13.1. The molecule has 3 amide bonds. The van der Waals surface area contributed by atoms with Crippen LogP contribution >= 0.6 is 0 Å². The van der Waals surface area contributed by atoms with E-state index in [1.165, 1.54) is 12.8 Å². The van der Waals surface area contributed by atoms with Crippen molar-refractivity contribution in [1.82, 2.24) is 5.32 Å². The van der Waals surface area contributed by atoms with Crippen molar-refractivity contribution < 1.29 is 19.1 Å². The molecule has 0 bridgehead atoms. The van der Waals surface area contributed by atoms with Crippen molar-refractivity contribution in [3.8, 4) is 5.75 Å². The Kier molecular flexibility index (Phi) is 8.46. The Labute approximate surface area is 213 Å². The van der Waals surface area contributed by atoms with Gasteiger partial charge in [-0.2, -0.15) is 0 Å². The van der Waals surface area contributed by atoms with Crippen molar-refractivity contribution in [3.05, 3.63) is 48.5 Å². The third-order valence-electron chi connectivity index (χ3n) is 6.75. The number of nitrogens with zero attached hydrogens (tertiary/aromatic N) is 2. The average Bonchev–Trinajstić information content (AvgIpc) is 3.55. The molecule has 0 radical (unpaired) electrons. The minimum atomic E-state index is -0.669. The van der Waals surface area contributed by atoms with Crippen LogP contribution in [0.2, 0.25) is 0 Å². The first-order valence-electron chi connectivity index (χ1n) is 13.0. The standard InChI is InChI=1S/C28H36N4O4/c1-3-10-23(28(35)29-21-11-9-12-22(18-21)31-15-7-8-16-31)30-27(34)20-17-26(33)32(19-20)24-13-5-6-14-25(24)36-4-2/h5-6,9,11-14,18,20,23H,3-4,7-8,10,15-17,19H2,1-2H3,(H,29,35)(H,30,34). The lowest BCUT2D eigenvalue weighted by Crippen LogP contribution is -2.46. The van der Waals surface area contributed by atoms with E-state index in [0.717, 1.165) is 30.9 Å². The summed E-state index contributed by atoms with van der Waals surface area (Å²) in [6.45, 7) is 6.66. The summed E-state index contributed by atoms with van der Waals surface area (Å²) in [5, 5.41) is 5.89. The Morgan fingerprint density at radius 2 is 1.86 bits per heavy atom. The Balaban J connectivity index is 1.40. The van der Waals surface area contributed by atoms with Crippen LogP contribution in [0.3, 0.4) is 0 Å². The minimum absolute atomic E-state index is 0.102. The largest absolute Gasteiger partial charge is 0.492 e. The number of amides is 3. The van der Waals surface area contributed by atoms with Gasteiger partial charge in [0.2, 0.25) is 17.7 Å².